The first-order valence-electron chi connectivity index (χ1n) is 16.6. The van der Waals surface area contributed by atoms with Gasteiger partial charge in [-0.3, -0.25) is 0 Å². The van der Waals surface area contributed by atoms with Crippen molar-refractivity contribution >= 4 is 64.8 Å². The summed E-state index contributed by atoms with van der Waals surface area (Å²) in [5.41, 5.74) is 5.96. The van der Waals surface area contributed by atoms with Gasteiger partial charge < -0.3 is 0 Å². The molecule has 0 spiro atoms. The molecule has 6 aromatic carbocycles. The lowest BCUT2D eigenvalue weighted by atomic mass is 9.93. The molecule has 0 fully saturated rings. The highest BCUT2D eigenvalue weighted by molar-refractivity contribution is 7.23. The monoisotopic (exact) mass is 730 g/mol. The number of rotatable bonds is 2. The third-order valence-corrected chi connectivity index (χ3v) is 12.6. The van der Waals surface area contributed by atoms with Crippen molar-refractivity contribution in [1.29, 1.82) is 0 Å². The van der Waals surface area contributed by atoms with Gasteiger partial charge in [-0.15, -0.1) is 22.7 Å². The molecule has 0 radical (unpaired) electrons. The molecule has 2 aliphatic carbocycles. The Morgan fingerprint density at radius 2 is 0.865 bits per heavy atom. The van der Waals surface area contributed by atoms with Crippen LogP contribution in [-0.2, 0) is 12.4 Å². The zero-order valence-corrected chi connectivity index (χ0v) is 29.1. The van der Waals surface area contributed by atoms with Crippen LogP contribution in [0.25, 0.3) is 63.0 Å². The summed E-state index contributed by atoms with van der Waals surface area (Å²) in [5, 5.41) is 5.52. The van der Waals surface area contributed by atoms with E-state index < -0.39 is 23.5 Å². The minimum Gasteiger partial charge on any atom is -0.166 e. The predicted molar refractivity (Wildman–Crippen MR) is 200 cm³/mol. The molecule has 52 heavy (non-hydrogen) atoms. The highest BCUT2D eigenvalue weighted by Crippen LogP contribution is 2.50. The fraction of sp³-hybridized carbons (Fsp3) is 0.0909. The van der Waals surface area contributed by atoms with Crippen molar-refractivity contribution in [2.45, 2.75) is 26.2 Å². The van der Waals surface area contributed by atoms with Crippen LogP contribution in [0.5, 0.6) is 0 Å². The van der Waals surface area contributed by atoms with E-state index in [2.05, 4.69) is 24.3 Å². The summed E-state index contributed by atoms with van der Waals surface area (Å²) in [7, 11) is 0. The summed E-state index contributed by atoms with van der Waals surface area (Å²) >= 11 is 3.24. The first-order valence-corrected chi connectivity index (χ1v) is 18.3. The predicted octanol–water partition coefficient (Wildman–Crippen LogP) is 12.4. The second-order valence-corrected chi connectivity index (χ2v) is 15.8. The molecule has 0 bridgehead atoms. The van der Waals surface area contributed by atoms with Gasteiger partial charge in [0.15, 0.2) is 0 Å². The molecule has 254 valence electrons. The van der Waals surface area contributed by atoms with Gasteiger partial charge in [-0.05, 0) is 129 Å². The lowest BCUT2D eigenvalue weighted by Gasteiger charge is -2.13. The summed E-state index contributed by atoms with van der Waals surface area (Å²) in [4.78, 5) is 1.98. The second kappa shape index (κ2) is 10.7. The molecule has 2 heterocycles. The summed E-state index contributed by atoms with van der Waals surface area (Å²) < 4.78 is 87.0. The molecule has 2 aromatic heterocycles. The van der Waals surface area contributed by atoms with Crippen molar-refractivity contribution in [2.24, 2.45) is 0 Å². The number of fused-ring (bicyclic) bond motifs is 11. The van der Waals surface area contributed by atoms with Crippen LogP contribution in [0.1, 0.15) is 44.5 Å². The Bertz CT molecular complexity index is 2800. The van der Waals surface area contributed by atoms with Crippen LogP contribution in [-0.4, -0.2) is 0 Å². The molecule has 0 unspecified atom stereocenters. The smallest absolute Gasteiger partial charge is 0.166 e. The molecule has 2 aliphatic rings. The maximum atomic E-state index is 14.1. The summed E-state index contributed by atoms with van der Waals surface area (Å²) in [6.07, 6.45) is -9.00. The summed E-state index contributed by atoms with van der Waals surface area (Å²) in [6, 6.07) is 32.8. The lowest BCUT2D eigenvalue weighted by Crippen LogP contribution is -2.11. The van der Waals surface area contributed by atoms with Gasteiger partial charge in [0.2, 0.25) is 0 Å². The Labute approximate surface area is 301 Å². The van der Waals surface area contributed by atoms with E-state index in [1.165, 1.54) is 24.3 Å². The molecule has 10 rings (SSSR count). The molecular weight excluding hydrogens is 707 g/mol. The highest BCUT2D eigenvalue weighted by Gasteiger charge is 2.35. The first-order chi connectivity index (χ1) is 24.8. The van der Waals surface area contributed by atoms with Crippen LogP contribution < -0.4 is 10.4 Å². The van der Waals surface area contributed by atoms with Crippen LogP contribution in [0.3, 0.4) is 0 Å². The SMILES string of the molecule is Cc1cc(C2=c3cc4cc5c(cc4cc3-c3sc4ccccc4c32)=C(c2cc(C)cc(C(F)(F)F)c2)c2c-5sc3ccccc23)cc(C(F)(F)F)c1. The molecule has 0 amide bonds. The Balaban J connectivity index is 1.32. The molecule has 0 saturated heterocycles. The van der Waals surface area contributed by atoms with E-state index in [-0.39, 0.29) is 0 Å². The van der Waals surface area contributed by atoms with Crippen LogP contribution in [0.2, 0.25) is 0 Å². The van der Waals surface area contributed by atoms with Gasteiger partial charge in [-0.2, -0.15) is 26.3 Å². The van der Waals surface area contributed by atoms with E-state index in [0.29, 0.717) is 22.3 Å². The zero-order valence-electron chi connectivity index (χ0n) is 27.5. The molecule has 0 aliphatic heterocycles. The Hall–Kier alpha value is -5.18. The molecule has 0 nitrogen and oxygen atoms in total. The Morgan fingerprint density at radius 1 is 0.462 bits per heavy atom. The summed E-state index contributed by atoms with van der Waals surface area (Å²) in [6.45, 7) is 3.38. The standard InChI is InChI=1S/C44H24F6S2/c1-21-11-25(15-27(13-21)43(45,46)47)37-31-17-23-20-34-32(18-24(23)19-33(31)41-39(37)29-7-3-5-9-35(29)51-41)38(26-12-22(2)14-28(16-26)44(48,49)50)40-30-8-4-6-10-36(30)52-42(34)40/h3-20H,1-2H3. The van der Waals surface area contributed by atoms with E-state index in [1.807, 2.05) is 60.7 Å². The van der Waals surface area contributed by atoms with E-state index in [1.54, 1.807) is 36.5 Å². The first kappa shape index (κ1) is 31.5. The third-order valence-electron chi connectivity index (χ3n) is 10.2. The summed E-state index contributed by atoms with van der Waals surface area (Å²) in [5.74, 6) is 0. The fourth-order valence-corrected chi connectivity index (χ4v) is 10.6. The van der Waals surface area contributed by atoms with Crippen molar-refractivity contribution in [3.05, 3.63) is 164 Å². The van der Waals surface area contributed by atoms with Crippen LogP contribution in [0, 0.1) is 13.8 Å². The van der Waals surface area contributed by atoms with Gasteiger partial charge in [0.25, 0.3) is 0 Å². The van der Waals surface area contributed by atoms with Gasteiger partial charge in [0, 0.05) is 52.2 Å². The van der Waals surface area contributed by atoms with Crippen molar-refractivity contribution in [1.82, 2.24) is 0 Å². The van der Waals surface area contributed by atoms with Gasteiger partial charge in [0.05, 0.1) is 11.1 Å². The van der Waals surface area contributed by atoms with Crippen molar-refractivity contribution < 1.29 is 26.3 Å². The highest BCUT2D eigenvalue weighted by atomic mass is 32.1. The Morgan fingerprint density at radius 3 is 1.27 bits per heavy atom. The fourth-order valence-electron chi connectivity index (χ4n) is 8.16. The number of alkyl halides is 6. The number of aryl methyl sites for hydroxylation is 2. The second-order valence-electron chi connectivity index (χ2n) is 13.7. The third kappa shape index (κ3) is 4.60. The molecule has 0 atom stereocenters. The van der Waals surface area contributed by atoms with Crippen molar-refractivity contribution in [3.63, 3.8) is 0 Å². The quantitative estimate of drug-likeness (QED) is 0.155. The average Bonchev–Trinajstić information content (AvgIpc) is 3.82. The normalized spacial score (nSPS) is 13.7. The lowest BCUT2D eigenvalue weighted by molar-refractivity contribution is -0.138. The number of thiophene rings is 2. The van der Waals surface area contributed by atoms with Gasteiger partial charge in [0.1, 0.15) is 0 Å². The van der Waals surface area contributed by atoms with Crippen molar-refractivity contribution in [2.75, 3.05) is 0 Å². The van der Waals surface area contributed by atoms with Crippen LogP contribution >= 0.6 is 22.7 Å². The molecule has 8 heteroatoms. The van der Waals surface area contributed by atoms with E-state index in [4.69, 9.17) is 0 Å². The van der Waals surface area contributed by atoms with E-state index in [9.17, 15) is 26.3 Å². The number of hydrogen-bond acceptors (Lipinski definition) is 2. The maximum absolute atomic E-state index is 14.1. The van der Waals surface area contributed by atoms with Crippen molar-refractivity contribution in [3.8, 4) is 20.9 Å². The minimum absolute atomic E-state index is 0.513. The molecule has 0 saturated carbocycles. The number of benzene rings is 6. The number of halogens is 6. The van der Waals surface area contributed by atoms with Gasteiger partial charge in [-0.25, -0.2) is 0 Å². The average molecular weight is 731 g/mol. The van der Waals surface area contributed by atoms with Gasteiger partial charge in [-0.1, -0.05) is 48.5 Å². The maximum Gasteiger partial charge on any atom is 0.416 e. The number of hydrogen-bond donors (Lipinski definition) is 0. The largest absolute Gasteiger partial charge is 0.416 e. The zero-order chi connectivity index (χ0) is 35.8. The molecule has 0 N–H and O–H groups in total. The Kier molecular flexibility index (Phi) is 6.48. The van der Waals surface area contributed by atoms with Gasteiger partial charge >= 0.3 is 12.4 Å². The van der Waals surface area contributed by atoms with Crippen LogP contribution in [0.15, 0.2) is 109 Å². The topological polar surface area (TPSA) is 0 Å². The van der Waals surface area contributed by atoms with E-state index in [0.717, 1.165) is 84.5 Å². The minimum atomic E-state index is -4.50. The van der Waals surface area contributed by atoms with E-state index >= 15 is 0 Å². The molecular formula is C44H24F6S2. The van der Waals surface area contributed by atoms with Crippen LogP contribution in [0.4, 0.5) is 26.3 Å². The molecule has 8 aromatic rings.